The largest absolute Gasteiger partial charge is 0.465 e. The molecule has 3 rings (SSSR count). The van der Waals surface area contributed by atoms with E-state index in [1.807, 2.05) is 6.07 Å². The molecule has 0 aliphatic carbocycles. The van der Waals surface area contributed by atoms with Gasteiger partial charge >= 0.3 is 5.91 Å². The number of hydrogen-bond donors (Lipinski definition) is 0. The second kappa shape index (κ2) is 4.85. The number of allylic oxidation sites excluding steroid dienone is 1. The fourth-order valence-corrected chi connectivity index (χ4v) is 1.56. The Balaban J connectivity index is 1.74. The van der Waals surface area contributed by atoms with Crippen LogP contribution in [0, 0.1) is 0 Å². The van der Waals surface area contributed by atoms with Gasteiger partial charge in [-0.1, -0.05) is 0 Å². The molecule has 0 saturated carbocycles. The lowest BCUT2D eigenvalue weighted by Gasteiger charge is -1.98. The molecule has 0 N–H and O–H groups in total. The van der Waals surface area contributed by atoms with Gasteiger partial charge in [0, 0.05) is 6.20 Å². The van der Waals surface area contributed by atoms with E-state index >= 15 is 0 Å². The zero-order valence-electron chi connectivity index (χ0n) is 9.85. The Morgan fingerprint density at radius 1 is 1.37 bits per heavy atom. The molecular formula is C13H10N2O4. The zero-order chi connectivity index (χ0) is 13.1. The highest BCUT2D eigenvalue weighted by Crippen LogP contribution is 2.11. The predicted molar refractivity (Wildman–Crippen MR) is 65.6 cm³/mol. The van der Waals surface area contributed by atoms with E-state index in [9.17, 15) is 4.79 Å². The third kappa shape index (κ3) is 2.42. The van der Waals surface area contributed by atoms with Crippen LogP contribution < -0.4 is 0 Å². The molecule has 0 spiro atoms. The Morgan fingerprint density at radius 2 is 2.32 bits per heavy atom. The summed E-state index contributed by atoms with van der Waals surface area (Å²) in [6.07, 6.45) is 7.95. The lowest BCUT2D eigenvalue weighted by Crippen LogP contribution is -2.14. The topological polar surface area (TPSA) is 66.5 Å². The van der Waals surface area contributed by atoms with Crippen molar-refractivity contribution in [1.82, 2.24) is 9.78 Å². The van der Waals surface area contributed by atoms with Crippen LogP contribution in [0.25, 0.3) is 12.2 Å². The average molecular weight is 258 g/mol. The van der Waals surface area contributed by atoms with E-state index in [-0.39, 0.29) is 18.5 Å². The van der Waals surface area contributed by atoms with Gasteiger partial charge in [0.15, 0.2) is 0 Å². The van der Waals surface area contributed by atoms with Crippen molar-refractivity contribution in [2.75, 3.05) is 6.79 Å². The molecule has 3 heterocycles. The summed E-state index contributed by atoms with van der Waals surface area (Å²) < 4.78 is 16.2. The van der Waals surface area contributed by atoms with E-state index < -0.39 is 0 Å². The van der Waals surface area contributed by atoms with Crippen molar-refractivity contribution < 1.29 is 18.7 Å². The summed E-state index contributed by atoms with van der Waals surface area (Å²) in [7, 11) is 0. The van der Waals surface area contributed by atoms with Gasteiger partial charge in [-0.25, -0.2) is 4.68 Å². The molecule has 0 aromatic carbocycles. The molecule has 1 aliphatic rings. The molecule has 96 valence electrons. The predicted octanol–water partition coefficient (Wildman–Crippen LogP) is 2.13. The molecule has 0 fully saturated rings. The van der Waals surface area contributed by atoms with Gasteiger partial charge in [-0.2, -0.15) is 5.10 Å². The summed E-state index contributed by atoms with van der Waals surface area (Å²) in [5.74, 6) is 0.496. The maximum atomic E-state index is 11.9. The van der Waals surface area contributed by atoms with Gasteiger partial charge in [0.05, 0.1) is 12.0 Å². The number of aromatic nitrogens is 2. The summed E-state index contributed by atoms with van der Waals surface area (Å²) in [5, 5.41) is 4.12. The van der Waals surface area contributed by atoms with Crippen LogP contribution in [0.4, 0.5) is 0 Å². The van der Waals surface area contributed by atoms with Crippen LogP contribution in [0.5, 0.6) is 0 Å². The molecular weight excluding hydrogens is 248 g/mol. The van der Waals surface area contributed by atoms with Gasteiger partial charge in [-0.3, -0.25) is 4.79 Å². The first kappa shape index (κ1) is 11.3. The van der Waals surface area contributed by atoms with Gasteiger partial charge in [-0.15, -0.1) is 0 Å². The number of carbonyl (C=O) groups excluding carboxylic acids is 1. The average Bonchev–Trinajstić information content (AvgIpc) is 3.16. The molecule has 2 aromatic heterocycles. The third-order valence-corrected chi connectivity index (χ3v) is 2.46. The zero-order valence-corrected chi connectivity index (χ0v) is 9.85. The number of furan rings is 1. The van der Waals surface area contributed by atoms with E-state index in [1.54, 1.807) is 36.7 Å². The van der Waals surface area contributed by atoms with Crippen LogP contribution in [0.15, 0.2) is 47.1 Å². The van der Waals surface area contributed by atoms with Gasteiger partial charge in [0.25, 0.3) is 0 Å². The number of nitrogens with zero attached hydrogens (tertiary/aromatic N) is 2. The standard InChI is InChI=1S/C13H10N2O4/c16-13(12-8-17-9-19-12)15-6-5-10(14-15)3-4-11-2-1-7-18-11/h1-8H,9H2. The maximum Gasteiger partial charge on any atom is 0.316 e. The quantitative estimate of drug-likeness (QED) is 0.843. The molecule has 6 nitrogen and oxygen atoms in total. The molecule has 1 aliphatic heterocycles. The van der Waals surface area contributed by atoms with Crippen molar-refractivity contribution in [2.24, 2.45) is 0 Å². The first-order valence-electron chi connectivity index (χ1n) is 5.59. The van der Waals surface area contributed by atoms with Crippen LogP contribution in [-0.2, 0) is 9.47 Å². The fourth-order valence-electron chi connectivity index (χ4n) is 1.56. The molecule has 0 unspecified atom stereocenters. The van der Waals surface area contributed by atoms with Gasteiger partial charge in [0.2, 0.25) is 12.6 Å². The molecule has 0 radical (unpaired) electrons. The number of rotatable bonds is 3. The lowest BCUT2D eigenvalue weighted by atomic mass is 10.3. The smallest absolute Gasteiger partial charge is 0.316 e. The molecule has 0 bridgehead atoms. The van der Waals surface area contributed by atoms with Crippen molar-refractivity contribution in [3.8, 4) is 0 Å². The Labute approximate surface area is 108 Å². The van der Waals surface area contributed by atoms with Crippen molar-refractivity contribution in [2.45, 2.75) is 0 Å². The highest BCUT2D eigenvalue weighted by Gasteiger charge is 2.18. The third-order valence-electron chi connectivity index (χ3n) is 2.46. The molecule has 0 amide bonds. The second-order valence-electron chi connectivity index (χ2n) is 3.75. The van der Waals surface area contributed by atoms with Crippen LogP contribution in [0.1, 0.15) is 16.2 Å². The minimum atomic E-state index is -0.366. The Hall–Kier alpha value is -2.76. The van der Waals surface area contributed by atoms with Crippen LogP contribution in [0.3, 0.4) is 0 Å². The Kier molecular flexibility index (Phi) is 2.89. The van der Waals surface area contributed by atoms with Crippen LogP contribution >= 0.6 is 0 Å². The summed E-state index contributed by atoms with van der Waals surface area (Å²) in [6, 6.07) is 5.34. The van der Waals surface area contributed by atoms with Crippen LogP contribution in [-0.4, -0.2) is 22.5 Å². The van der Waals surface area contributed by atoms with Crippen LogP contribution in [0.2, 0.25) is 0 Å². The molecule has 2 aromatic rings. The van der Waals surface area contributed by atoms with Crippen molar-refractivity contribution in [3.63, 3.8) is 0 Å². The Morgan fingerprint density at radius 3 is 3.05 bits per heavy atom. The maximum absolute atomic E-state index is 11.9. The normalized spacial score (nSPS) is 14.2. The lowest BCUT2D eigenvalue weighted by molar-refractivity contribution is 0.0630. The highest BCUT2D eigenvalue weighted by molar-refractivity contribution is 5.92. The van der Waals surface area contributed by atoms with Crippen molar-refractivity contribution >= 4 is 18.1 Å². The highest BCUT2D eigenvalue weighted by atomic mass is 16.7. The number of ether oxygens (including phenoxy) is 2. The van der Waals surface area contributed by atoms with Gasteiger partial charge in [-0.05, 0) is 30.4 Å². The molecule has 0 atom stereocenters. The van der Waals surface area contributed by atoms with E-state index in [1.165, 1.54) is 10.9 Å². The minimum absolute atomic E-state index is 0.0631. The fraction of sp³-hybridized carbons (Fsp3) is 0.0769. The van der Waals surface area contributed by atoms with E-state index in [4.69, 9.17) is 13.9 Å². The molecule has 19 heavy (non-hydrogen) atoms. The summed E-state index contributed by atoms with van der Waals surface area (Å²) in [4.78, 5) is 11.9. The Bertz CT molecular complexity index is 637. The van der Waals surface area contributed by atoms with Gasteiger partial charge in [0.1, 0.15) is 12.0 Å². The van der Waals surface area contributed by atoms with E-state index in [2.05, 4.69) is 5.10 Å². The monoisotopic (exact) mass is 258 g/mol. The number of hydrogen-bond acceptors (Lipinski definition) is 5. The van der Waals surface area contributed by atoms with E-state index in [0.29, 0.717) is 5.69 Å². The second-order valence-corrected chi connectivity index (χ2v) is 3.75. The minimum Gasteiger partial charge on any atom is -0.465 e. The molecule has 6 heteroatoms. The molecule has 0 saturated heterocycles. The van der Waals surface area contributed by atoms with Crippen molar-refractivity contribution in [3.05, 3.63) is 54.1 Å². The summed E-state index contributed by atoms with van der Waals surface area (Å²) in [5.41, 5.74) is 0.643. The summed E-state index contributed by atoms with van der Waals surface area (Å²) in [6.45, 7) is 0.0631. The summed E-state index contributed by atoms with van der Waals surface area (Å²) >= 11 is 0. The first-order chi connectivity index (χ1) is 9.33. The van der Waals surface area contributed by atoms with Gasteiger partial charge < -0.3 is 13.9 Å². The SMILES string of the molecule is O=C(C1=COCO1)n1ccc(C=Cc2ccco2)n1. The number of carbonyl (C=O) groups is 1. The van der Waals surface area contributed by atoms with Crippen molar-refractivity contribution in [1.29, 1.82) is 0 Å². The first-order valence-corrected chi connectivity index (χ1v) is 5.59. The van der Waals surface area contributed by atoms with E-state index in [0.717, 1.165) is 5.76 Å².